The molecule has 0 saturated carbocycles. The number of aliphatic imine (C=N–C) groups is 1. The Hall–Kier alpha value is -2.02. The van der Waals surface area contributed by atoms with E-state index in [9.17, 15) is 4.39 Å². The fraction of sp³-hybridized carbons (Fsp3) is 0.412. The van der Waals surface area contributed by atoms with Crippen LogP contribution in [0.25, 0.3) is 0 Å². The number of nitrogens with one attached hydrogen (secondary N) is 2. The molecule has 0 unspecified atom stereocenters. The molecule has 0 bridgehead atoms. The average molecular weight is 349 g/mol. The quantitative estimate of drug-likeness (QED) is 0.596. The first kappa shape index (κ1) is 18.3. The zero-order valence-electron chi connectivity index (χ0n) is 14.3. The Morgan fingerprint density at radius 2 is 2.17 bits per heavy atom. The van der Waals surface area contributed by atoms with Gasteiger partial charge in [-0.15, -0.1) is 0 Å². The number of halogens is 1. The summed E-state index contributed by atoms with van der Waals surface area (Å²) in [6.07, 6.45) is 5.77. The van der Waals surface area contributed by atoms with Crippen LogP contribution in [0.5, 0.6) is 0 Å². The number of guanidine groups is 1. The fourth-order valence-corrected chi connectivity index (χ4v) is 2.88. The Morgan fingerprint density at radius 3 is 2.83 bits per heavy atom. The molecule has 1 aromatic carbocycles. The Bertz CT molecular complexity index is 683. The summed E-state index contributed by atoms with van der Waals surface area (Å²) in [6.45, 7) is 3.97. The zero-order valence-corrected chi connectivity index (χ0v) is 15.2. The summed E-state index contributed by atoms with van der Waals surface area (Å²) >= 11 is 1.68. The van der Waals surface area contributed by atoms with E-state index in [1.807, 2.05) is 38.7 Å². The lowest BCUT2D eigenvalue weighted by molar-refractivity contribution is 0.625. The molecule has 1 heterocycles. The molecule has 2 aromatic rings. The average Bonchev–Trinajstić information content (AvgIpc) is 2.97. The summed E-state index contributed by atoms with van der Waals surface area (Å²) < 4.78 is 15.2. The van der Waals surface area contributed by atoms with Crippen LogP contribution in [0, 0.1) is 5.82 Å². The molecule has 24 heavy (non-hydrogen) atoms. The van der Waals surface area contributed by atoms with Crippen LogP contribution in [0.4, 0.5) is 4.39 Å². The first-order valence-electron chi connectivity index (χ1n) is 7.88. The van der Waals surface area contributed by atoms with Crippen molar-refractivity contribution in [1.29, 1.82) is 0 Å². The van der Waals surface area contributed by atoms with E-state index in [0.717, 1.165) is 34.9 Å². The highest BCUT2D eigenvalue weighted by atomic mass is 32.2. The molecule has 0 fully saturated rings. The summed E-state index contributed by atoms with van der Waals surface area (Å²) in [5.41, 5.74) is 3.15. The molecule has 0 saturated heterocycles. The van der Waals surface area contributed by atoms with E-state index in [2.05, 4.69) is 20.7 Å². The molecule has 130 valence electrons. The predicted octanol–water partition coefficient (Wildman–Crippen LogP) is 2.68. The number of aromatic nitrogens is 2. The van der Waals surface area contributed by atoms with Crippen LogP contribution >= 0.6 is 11.8 Å². The van der Waals surface area contributed by atoms with Crippen molar-refractivity contribution in [3.05, 3.63) is 53.1 Å². The van der Waals surface area contributed by atoms with Crippen LogP contribution in [0.1, 0.15) is 23.6 Å². The van der Waals surface area contributed by atoms with Gasteiger partial charge in [-0.3, -0.25) is 4.68 Å². The molecule has 7 heteroatoms. The largest absolute Gasteiger partial charge is 0.357 e. The van der Waals surface area contributed by atoms with Crippen molar-refractivity contribution in [2.45, 2.75) is 25.8 Å². The lowest BCUT2D eigenvalue weighted by Crippen LogP contribution is -2.37. The Morgan fingerprint density at radius 1 is 1.33 bits per heavy atom. The van der Waals surface area contributed by atoms with Crippen molar-refractivity contribution in [3.63, 3.8) is 0 Å². The number of benzene rings is 1. The summed E-state index contributed by atoms with van der Waals surface area (Å²) in [4.78, 5) is 4.57. The van der Waals surface area contributed by atoms with E-state index in [-0.39, 0.29) is 5.82 Å². The van der Waals surface area contributed by atoms with Gasteiger partial charge in [0.15, 0.2) is 5.96 Å². The van der Waals surface area contributed by atoms with Crippen molar-refractivity contribution in [1.82, 2.24) is 20.4 Å². The molecule has 0 aliphatic carbocycles. The molecule has 0 aliphatic rings. The smallest absolute Gasteiger partial charge is 0.191 e. The summed E-state index contributed by atoms with van der Waals surface area (Å²) in [5, 5.41) is 10.7. The SMILES string of the molecule is CCNC(=NCc1cnn(C)c1)NCc1ccc(F)cc1CSC. The third kappa shape index (κ3) is 5.56. The van der Waals surface area contributed by atoms with Gasteiger partial charge in [0.25, 0.3) is 0 Å². The Labute approximate surface area is 146 Å². The van der Waals surface area contributed by atoms with Gasteiger partial charge < -0.3 is 10.6 Å². The highest BCUT2D eigenvalue weighted by Gasteiger charge is 2.06. The van der Waals surface area contributed by atoms with Crippen molar-refractivity contribution < 1.29 is 4.39 Å². The highest BCUT2D eigenvalue weighted by Crippen LogP contribution is 2.16. The van der Waals surface area contributed by atoms with Gasteiger partial charge in [-0.1, -0.05) is 6.07 Å². The second-order valence-corrected chi connectivity index (χ2v) is 6.28. The van der Waals surface area contributed by atoms with E-state index < -0.39 is 0 Å². The van der Waals surface area contributed by atoms with Gasteiger partial charge in [-0.2, -0.15) is 16.9 Å². The second kappa shape index (κ2) is 9.32. The third-order valence-electron chi connectivity index (χ3n) is 3.44. The topological polar surface area (TPSA) is 54.2 Å². The molecule has 2 rings (SSSR count). The molecule has 0 atom stereocenters. The molecule has 0 aliphatic heterocycles. The highest BCUT2D eigenvalue weighted by molar-refractivity contribution is 7.97. The number of thioether (sulfide) groups is 1. The molecule has 0 radical (unpaired) electrons. The predicted molar refractivity (Wildman–Crippen MR) is 98.5 cm³/mol. The maximum atomic E-state index is 13.4. The number of aryl methyl sites for hydroxylation is 1. The van der Waals surface area contributed by atoms with Crippen LogP contribution in [-0.2, 0) is 25.9 Å². The molecule has 1 aromatic heterocycles. The van der Waals surface area contributed by atoms with E-state index in [4.69, 9.17) is 0 Å². The number of nitrogens with zero attached hydrogens (tertiary/aromatic N) is 3. The minimum atomic E-state index is -0.194. The van der Waals surface area contributed by atoms with Gasteiger partial charge in [-0.25, -0.2) is 9.38 Å². The number of hydrogen-bond donors (Lipinski definition) is 2. The van der Waals surface area contributed by atoms with Crippen LogP contribution in [0.15, 0.2) is 35.6 Å². The van der Waals surface area contributed by atoms with Crippen LogP contribution in [0.2, 0.25) is 0 Å². The fourth-order valence-electron chi connectivity index (χ4n) is 2.30. The standard InChI is InChI=1S/C17H24FN5S/c1-4-19-17(20-8-13-9-22-23(2)11-13)21-10-14-5-6-16(18)7-15(14)12-24-3/h5-7,9,11H,4,8,10,12H2,1-3H3,(H2,19,20,21). The van der Waals surface area contributed by atoms with Gasteiger partial charge >= 0.3 is 0 Å². The van der Waals surface area contributed by atoms with Gasteiger partial charge in [0.2, 0.25) is 0 Å². The van der Waals surface area contributed by atoms with Crippen molar-refractivity contribution >= 4 is 17.7 Å². The number of rotatable bonds is 7. The normalized spacial score (nSPS) is 11.6. The second-order valence-electron chi connectivity index (χ2n) is 5.42. The Kier molecular flexibility index (Phi) is 7.11. The van der Waals surface area contributed by atoms with Crippen molar-refractivity contribution in [2.75, 3.05) is 12.8 Å². The molecule has 2 N–H and O–H groups in total. The van der Waals surface area contributed by atoms with Crippen LogP contribution in [-0.4, -0.2) is 28.5 Å². The minimum absolute atomic E-state index is 0.194. The lowest BCUT2D eigenvalue weighted by atomic mass is 10.1. The molecule has 0 amide bonds. The first-order valence-corrected chi connectivity index (χ1v) is 9.27. The van der Waals surface area contributed by atoms with Crippen LogP contribution in [0.3, 0.4) is 0 Å². The van der Waals surface area contributed by atoms with Gasteiger partial charge in [0.05, 0.1) is 12.7 Å². The Balaban J connectivity index is 2.03. The van der Waals surface area contributed by atoms with Crippen molar-refractivity contribution in [2.24, 2.45) is 12.0 Å². The first-order chi connectivity index (χ1) is 11.6. The van der Waals surface area contributed by atoms with E-state index in [0.29, 0.717) is 13.1 Å². The van der Waals surface area contributed by atoms with E-state index in [1.165, 1.54) is 6.07 Å². The number of hydrogen-bond acceptors (Lipinski definition) is 3. The van der Waals surface area contributed by atoms with Gasteiger partial charge in [0, 0.05) is 37.7 Å². The van der Waals surface area contributed by atoms with Crippen molar-refractivity contribution in [3.8, 4) is 0 Å². The summed E-state index contributed by atoms with van der Waals surface area (Å²) in [6, 6.07) is 4.94. The molecular weight excluding hydrogens is 325 g/mol. The van der Waals surface area contributed by atoms with Gasteiger partial charge in [0.1, 0.15) is 5.82 Å². The lowest BCUT2D eigenvalue weighted by Gasteiger charge is -2.14. The van der Waals surface area contributed by atoms with E-state index in [1.54, 1.807) is 22.5 Å². The molecule has 5 nitrogen and oxygen atoms in total. The monoisotopic (exact) mass is 349 g/mol. The minimum Gasteiger partial charge on any atom is -0.357 e. The maximum Gasteiger partial charge on any atom is 0.191 e. The van der Waals surface area contributed by atoms with Crippen LogP contribution < -0.4 is 10.6 Å². The maximum absolute atomic E-state index is 13.4. The zero-order chi connectivity index (χ0) is 17.4. The summed E-state index contributed by atoms with van der Waals surface area (Å²) in [7, 11) is 1.89. The molecular formula is C17H24FN5S. The van der Waals surface area contributed by atoms with E-state index >= 15 is 0 Å². The summed E-state index contributed by atoms with van der Waals surface area (Å²) in [5.74, 6) is 1.33. The molecule has 0 spiro atoms. The van der Waals surface area contributed by atoms with Gasteiger partial charge in [-0.05, 0) is 36.4 Å². The third-order valence-corrected chi connectivity index (χ3v) is 4.04.